The SMILES string of the molecule is COc1cc(N)c(Cl)cc1C(=O)Nc1ccn(CCN(C)C)n1. The zero-order chi connectivity index (χ0) is 17.0. The van der Waals surface area contributed by atoms with E-state index in [1.807, 2.05) is 20.3 Å². The number of likely N-dealkylation sites (N-methyl/N-ethyl adjacent to an activating group) is 1. The van der Waals surface area contributed by atoms with E-state index in [2.05, 4.69) is 15.3 Å². The van der Waals surface area contributed by atoms with Crippen molar-refractivity contribution >= 4 is 29.0 Å². The highest BCUT2D eigenvalue weighted by Gasteiger charge is 2.16. The van der Waals surface area contributed by atoms with Crippen molar-refractivity contribution in [2.45, 2.75) is 6.54 Å². The average molecular weight is 338 g/mol. The Balaban J connectivity index is 2.12. The second-order valence-corrected chi connectivity index (χ2v) is 5.70. The van der Waals surface area contributed by atoms with Crippen LogP contribution in [0, 0.1) is 0 Å². The highest BCUT2D eigenvalue weighted by Crippen LogP contribution is 2.29. The van der Waals surface area contributed by atoms with Gasteiger partial charge >= 0.3 is 0 Å². The third-order valence-corrected chi connectivity index (χ3v) is 3.55. The molecule has 0 saturated heterocycles. The fourth-order valence-electron chi connectivity index (χ4n) is 1.95. The Morgan fingerprint density at radius 3 is 2.87 bits per heavy atom. The predicted octanol–water partition coefficient (Wildman–Crippen LogP) is 1.94. The number of nitrogens with two attached hydrogens (primary N) is 1. The van der Waals surface area contributed by atoms with Crippen molar-refractivity contribution in [1.82, 2.24) is 14.7 Å². The van der Waals surface area contributed by atoms with Crippen LogP contribution >= 0.6 is 11.6 Å². The van der Waals surface area contributed by atoms with Crippen LogP contribution in [0.4, 0.5) is 11.5 Å². The number of hydrogen-bond acceptors (Lipinski definition) is 5. The van der Waals surface area contributed by atoms with Gasteiger partial charge in [-0.05, 0) is 20.2 Å². The minimum absolute atomic E-state index is 0.299. The standard InChI is InChI=1S/C15H20ClN5O2/c1-20(2)6-7-21-5-4-14(19-21)18-15(22)10-8-11(16)12(17)9-13(10)23-3/h4-5,8-9H,6-7,17H2,1-3H3,(H,18,19,22). The van der Waals surface area contributed by atoms with Crippen molar-refractivity contribution < 1.29 is 9.53 Å². The molecule has 0 aliphatic rings. The number of halogens is 1. The number of rotatable bonds is 6. The summed E-state index contributed by atoms with van der Waals surface area (Å²) in [6.07, 6.45) is 1.81. The summed E-state index contributed by atoms with van der Waals surface area (Å²) in [6, 6.07) is 4.74. The van der Waals surface area contributed by atoms with Crippen LogP contribution in [0.15, 0.2) is 24.4 Å². The van der Waals surface area contributed by atoms with Gasteiger partial charge in [0.05, 0.1) is 29.9 Å². The summed E-state index contributed by atoms with van der Waals surface area (Å²) >= 11 is 5.98. The number of carbonyl (C=O) groups is 1. The molecule has 0 aliphatic heterocycles. The van der Waals surface area contributed by atoms with Crippen LogP contribution in [0.25, 0.3) is 0 Å². The first-order valence-electron chi connectivity index (χ1n) is 7.03. The molecule has 0 bridgehead atoms. The Hall–Kier alpha value is -2.25. The molecule has 0 fully saturated rings. The second kappa shape index (κ2) is 7.34. The molecule has 7 nitrogen and oxygen atoms in total. The smallest absolute Gasteiger partial charge is 0.260 e. The Morgan fingerprint density at radius 2 is 2.22 bits per heavy atom. The van der Waals surface area contributed by atoms with E-state index in [1.54, 1.807) is 10.7 Å². The normalized spacial score (nSPS) is 10.8. The van der Waals surface area contributed by atoms with Crippen molar-refractivity contribution in [3.05, 3.63) is 35.0 Å². The van der Waals surface area contributed by atoms with Crippen molar-refractivity contribution in [2.24, 2.45) is 0 Å². The number of nitrogens with one attached hydrogen (secondary N) is 1. The maximum Gasteiger partial charge on any atom is 0.260 e. The molecule has 1 aromatic heterocycles. The van der Waals surface area contributed by atoms with Gasteiger partial charge in [0.2, 0.25) is 0 Å². The number of methoxy groups -OCH3 is 1. The van der Waals surface area contributed by atoms with Gasteiger partial charge in [-0.2, -0.15) is 5.10 Å². The molecule has 0 unspecified atom stereocenters. The summed E-state index contributed by atoms with van der Waals surface area (Å²) in [5, 5.41) is 7.33. The zero-order valence-electron chi connectivity index (χ0n) is 13.3. The number of benzene rings is 1. The molecule has 0 radical (unpaired) electrons. The first kappa shape index (κ1) is 17.1. The number of nitrogens with zero attached hydrogens (tertiary/aromatic N) is 3. The van der Waals surface area contributed by atoms with Crippen LogP contribution in [0.3, 0.4) is 0 Å². The van der Waals surface area contributed by atoms with Gasteiger partial charge in [0, 0.05) is 24.9 Å². The van der Waals surface area contributed by atoms with Crippen LogP contribution in [0.5, 0.6) is 5.75 Å². The maximum atomic E-state index is 12.4. The number of anilines is 2. The second-order valence-electron chi connectivity index (χ2n) is 5.30. The van der Waals surface area contributed by atoms with Gasteiger partial charge in [0.25, 0.3) is 5.91 Å². The molecule has 1 amide bonds. The van der Waals surface area contributed by atoms with Gasteiger partial charge in [-0.3, -0.25) is 9.48 Å². The van der Waals surface area contributed by atoms with Crippen molar-refractivity contribution in [1.29, 1.82) is 0 Å². The van der Waals surface area contributed by atoms with Gasteiger partial charge in [-0.1, -0.05) is 11.6 Å². The van der Waals surface area contributed by atoms with Gasteiger partial charge in [0.15, 0.2) is 5.82 Å². The molecular formula is C15H20ClN5O2. The Bertz CT molecular complexity index is 699. The van der Waals surface area contributed by atoms with Crippen molar-refractivity contribution in [3.63, 3.8) is 0 Å². The van der Waals surface area contributed by atoms with E-state index >= 15 is 0 Å². The number of aromatic nitrogens is 2. The molecule has 0 saturated carbocycles. The summed E-state index contributed by atoms with van der Waals surface area (Å²) in [6.45, 7) is 1.59. The van der Waals surface area contributed by atoms with Gasteiger partial charge in [-0.15, -0.1) is 0 Å². The maximum absolute atomic E-state index is 12.4. The minimum atomic E-state index is -0.360. The fourth-order valence-corrected chi connectivity index (χ4v) is 2.12. The third kappa shape index (κ3) is 4.37. The molecular weight excluding hydrogens is 318 g/mol. The quantitative estimate of drug-likeness (QED) is 0.787. The largest absolute Gasteiger partial charge is 0.496 e. The predicted molar refractivity (Wildman–Crippen MR) is 91.2 cm³/mol. The summed E-state index contributed by atoms with van der Waals surface area (Å²) in [5.41, 5.74) is 6.37. The van der Waals surface area contributed by atoms with Crippen molar-refractivity contribution in [3.8, 4) is 5.75 Å². The molecule has 23 heavy (non-hydrogen) atoms. The fraction of sp³-hybridized carbons (Fsp3) is 0.333. The molecule has 2 aromatic rings. The molecule has 0 aliphatic carbocycles. The highest BCUT2D eigenvalue weighted by atomic mass is 35.5. The summed E-state index contributed by atoms with van der Waals surface area (Å²) < 4.78 is 6.95. The van der Waals surface area contributed by atoms with Gasteiger partial charge in [-0.25, -0.2) is 0 Å². The Morgan fingerprint density at radius 1 is 1.48 bits per heavy atom. The van der Waals surface area contributed by atoms with Crippen LogP contribution in [0.2, 0.25) is 5.02 Å². The molecule has 1 aromatic carbocycles. The molecule has 1 heterocycles. The number of ether oxygens (including phenoxy) is 1. The van der Waals surface area contributed by atoms with Crippen LogP contribution in [0.1, 0.15) is 10.4 Å². The monoisotopic (exact) mass is 337 g/mol. The molecule has 2 rings (SSSR count). The summed E-state index contributed by atoms with van der Waals surface area (Å²) in [4.78, 5) is 14.4. The van der Waals surface area contributed by atoms with Gasteiger partial charge in [0.1, 0.15) is 5.75 Å². The van der Waals surface area contributed by atoms with E-state index in [4.69, 9.17) is 22.1 Å². The molecule has 0 atom stereocenters. The number of carbonyl (C=O) groups excluding carboxylic acids is 1. The average Bonchev–Trinajstić information content (AvgIpc) is 2.94. The topological polar surface area (TPSA) is 85.4 Å². The van der Waals surface area contributed by atoms with Crippen LogP contribution in [-0.4, -0.2) is 48.3 Å². The number of amides is 1. The number of nitrogen functional groups attached to an aromatic ring is 1. The van der Waals surface area contributed by atoms with E-state index < -0.39 is 0 Å². The molecule has 124 valence electrons. The van der Waals surface area contributed by atoms with E-state index in [0.717, 1.165) is 13.1 Å². The molecule has 3 N–H and O–H groups in total. The Kier molecular flexibility index (Phi) is 5.46. The first-order valence-corrected chi connectivity index (χ1v) is 7.41. The first-order chi connectivity index (χ1) is 10.9. The summed E-state index contributed by atoms with van der Waals surface area (Å²) in [7, 11) is 5.45. The minimum Gasteiger partial charge on any atom is -0.496 e. The van der Waals surface area contributed by atoms with Gasteiger partial charge < -0.3 is 20.7 Å². The van der Waals surface area contributed by atoms with Crippen LogP contribution in [-0.2, 0) is 6.54 Å². The van der Waals surface area contributed by atoms with E-state index in [1.165, 1.54) is 19.2 Å². The lowest BCUT2D eigenvalue weighted by molar-refractivity contribution is 0.102. The molecule has 0 spiro atoms. The zero-order valence-corrected chi connectivity index (χ0v) is 14.1. The van der Waals surface area contributed by atoms with E-state index in [-0.39, 0.29) is 5.91 Å². The van der Waals surface area contributed by atoms with Crippen LogP contribution < -0.4 is 15.8 Å². The lowest BCUT2D eigenvalue weighted by Crippen LogP contribution is -2.19. The van der Waals surface area contributed by atoms with E-state index in [0.29, 0.717) is 27.8 Å². The third-order valence-electron chi connectivity index (χ3n) is 3.22. The lowest BCUT2D eigenvalue weighted by atomic mass is 10.1. The molecule has 8 heteroatoms. The number of hydrogen-bond donors (Lipinski definition) is 2. The lowest BCUT2D eigenvalue weighted by Gasteiger charge is -2.10. The highest BCUT2D eigenvalue weighted by molar-refractivity contribution is 6.33. The van der Waals surface area contributed by atoms with Crippen molar-refractivity contribution in [2.75, 3.05) is 38.8 Å². The Labute approximate surface area is 140 Å². The summed E-state index contributed by atoms with van der Waals surface area (Å²) in [5.74, 6) is 0.460. The van der Waals surface area contributed by atoms with E-state index in [9.17, 15) is 4.79 Å².